The maximum absolute atomic E-state index is 15.0. The van der Waals surface area contributed by atoms with E-state index in [1.54, 1.807) is 4.90 Å². The fourth-order valence-electron chi connectivity index (χ4n) is 4.72. The number of aliphatic hydroxyl groups excluding tert-OH is 1. The summed E-state index contributed by atoms with van der Waals surface area (Å²) in [5.41, 5.74) is -2.61. The van der Waals surface area contributed by atoms with Gasteiger partial charge in [0.05, 0.1) is 23.2 Å². The topological polar surface area (TPSA) is 111 Å². The number of piperidine rings is 1. The standard InChI is InChI=1S/C25H27F4N5O3/c1-11-9-34(10-12(2)20(11)35)24(37)15-5-6-19(18(26)7-15)30-13(3)16-8-17-22(31-14(4)32-23(17)36)33-21(16)25(27,28)29/h5-8,11-13,20,30,35H,9-10H2,1-4H3,(H,31,32,33,36). The molecule has 0 bridgehead atoms. The van der Waals surface area contributed by atoms with Crippen LogP contribution in [0, 0.1) is 24.6 Å². The van der Waals surface area contributed by atoms with Gasteiger partial charge in [-0.1, -0.05) is 13.8 Å². The number of carbonyl (C=O) groups excluding carboxylic acids is 1. The lowest BCUT2D eigenvalue weighted by Crippen LogP contribution is -2.49. The zero-order valence-corrected chi connectivity index (χ0v) is 20.7. The normalized spacial score (nSPS) is 21.2. The van der Waals surface area contributed by atoms with E-state index in [1.807, 2.05) is 13.8 Å². The summed E-state index contributed by atoms with van der Waals surface area (Å²) in [6.45, 7) is 7.13. The Hall–Kier alpha value is -3.54. The second kappa shape index (κ2) is 9.73. The number of aliphatic hydroxyl groups is 1. The number of hydrogen-bond donors (Lipinski definition) is 3. The predicted molar refractivity (Wildman–Crippen MR) is 129 cm³/mol. The number of likely N-dealkylation sites (tertiary alicyclic amines) is 1. The third kappa shape index (κ3) is 5.29. The molecule has 1 aliphatic rings. The summed E-state index contributed by atoms with van der Waals surface area (Å²) in [4.78, 5) is 36.7. The molecule has 0 spiro atoms. The van der Waals surface area contributed by atoms with Crippen molar-refractivity contribution in [2.75, 3.05) is 18.4 Å². The van der Waals surface area contributed by atoms with Crippen LogP contribution in [0.3, 0.4) is 0 Å². The molecule has 1 saturated heterocycles. The highest BCUT2D eigenvalue weighted by atomic mass is 19.4. The molecular formula is C25H27F4N5O3. The summed E-state index contributed by atoms with van der Waals surface area (Å²) in [5, 5.41) is 12.7. The minimum Gasteiger partial charge on any atom is -0.392 e. The molecule has 1 amide bonds. The van der Waals surface area contributed by atoms with Crippen LogP contribution in [0.5, 0.6) is 0 Å². The van der Waals surface area contributed by atoms with Crippen LogP contribution >= 0.6 is 0 Å². The van der Waals surface area contributed by atoms with Crippen molar-refractivity contribution < 1.29 is 27.5 Å². The van der Waals surface area contributed by atoms with E-state index < -0.39 is 41.3 Å². The minimum atomic E-state index is -4.84. The molecule has 1 aromatic carbocycles. The largest absolute Gasteiger partial charge is 0.433 e. The fraction of sp³-hybridized carbons (Fsp3) is 0.440. The quantitative estimate of drug-likeness (QED) is 0.447. The van der Waals surface area contributed by atoms with Gasteiger partial charge in [0.1, 0.15) is 11.6 Å². The molecular weight excluding hydrogens is 494 g/mol. The molecule has 3 aromatic rings. The molecule has 0 saturated carbocycles. The van der Waals surface area contributed by atoms with Crippen LogP contribution in [0.25, 0.3) is 11.0 Å². The van der Waals surface area contributed by atoms with Gasteiger partial charge in [-0.25, -0.2) is 14.4 Å². The third-order valence-corrected chi connectivity index (χ3v) is 6.64. The molecule has 2 aromatic heterocycles. The first kappa shape index (κ1) is 26.5. The van der Waals surface area contributed by atoms with Crippen molar-refractivity contribution in [3.8, 4) is 0 Å². The predicted octanol–water partition coefficient (Wildman–Crippen LogP) is 4.05. The second-order valence-corrected chi connectivity index (χ2v) is 9.66. The van der Waals surface area contributed by atoms with E-state index in [4.69, 9.17) is 0 Å². The van der Waals surface area contributed by atoms with Gasteiger partial charge >= 0.3 is 6.18 Å². The van der Waals surface area contributed by atoms with Crippen LogP contribution in [0.15, 0.2) is 29.1 Å². The van der Waals surface area contributed by atoms with Crippen molar-refractivity contribution >= 4 is 22.6 Å². The molecule has 37 heavy (non-hydrogen) atoms. The SMILES string of the molecule is Cc1nc2nc(C(F)(F)F)c(C(C)Nc3ccc(C(=O)N4CC(C)C(O)C(C)C4)cc3F)cc2c(=O)[nH]1. The zero-order chi connectivity index (χ0) is 27.2. The zero-order valence-electron chi connectivity index (χ0n) is 20.7. The Morgan fingerprint density at radius 2 is 1.84 bits per heavy atom. The number of amides is 1. The number of alkyl halides is 3. The van der Waals surface area contributed by atoms with Gasteiger partial charge in [0, 0.05) is 24.2 Å². The number of anilines is 1. The van der Waals surface area contributed by atoms with Gasteiger partial charge in [-0.15, -0.1) is 0 Å². The Labute approximate surface area is 209 Å². The number of aromatic amines is 1. The first-order valence-electron chi connectivity index (χ1n) is 11.8. The van der Waals surface area contributed by atoms with Gasteiger partial charge < -0.3 is 20.3 Å². The number of hydrogen-bond acceptors (Lipinski definition) is 6. The number of aryl methyl sites for hydroxylation is 1. The van der Waals surface area contributed by atoms with Gasteiger partial charge in [-0.3, -0.25) is 9.59 Å². The molecule has 3 atom stereocenters. The number of halogens is 4. The van der Waals surface area contributed by atoms with E-state index in [0.29, 0.717) is 13.1 Å². The van der Waals surface area contributed by atoms with Gasteiger partial charge in [0.25, 0.3) is 11.5 Å². The van der Waals surface area contributed by atoms with Crippen molar-refractivity contribution in [1.29, 1.82) is 0 Å². The van der Waals surface area contributed by atoms with Crippen LogP contribution in [-0.4, -0.2) is 50.1 Å². The Bertz CT molecular complexity index is 1400. The number of rotatable bonds is 4. The molecule has 3 N–H and O–H groups in total. The van der Waals surface area contributed by atoms with E-state index in [-0.39, 0.29) is 45.5 Å². The number of nitrogens with one attached hydrogen (secondary N) is 2. The Morgan fingerprint density at radius 3 is 2.43 bits per heavy atom. The smallest absolute Gasteiger partial charge is 0.392 e. The summed E-state index contributed by atoms with van der Waals surface area (Å²) in [7, 11) is 0. The highest BCUT2D eigenvalue weighted by molar-refractivity contribution is 5.94. The monoisotopic (exact) mass is 521 g/mol. The molecule has 0 aliphatic carbocycles. The van der Waals surface area contributed by atoms with Crippen molar-refractivity contribution in [1.82, 2.24) is 19.9 Å². The lowest BCUT2D eigenvalue weighted by atomic mass is 9.88. The van der Waals surface area contributed by atoms with Crippen molar-refractivity contribution in [2.24, 2.45) is 11.8 Å². The Morgan fingerprint density at radius 1 is 1.19 bits per heavy atom. The van der Waals surface area contributed by atoms with E-state index >= 15 is 0 Å². The van der Waals surface area contributed by atoms with E-state index in [2.05, 4.69) is 20.3 Å². The van der Waals surface area contributed by atoms with Crippen molar-refractivity contribution in [3.63, 3.8) is 0 Å². The van der Waals surface area contributed by atoms with Crippen LogP contribution in [0.4, 0.5) is 23.2 Å². The Kier molecular flexibility index (Phi) is 6.97. The average Bonchev–Trinajstić information content (AvgIpc) is 2.81. The lowest BCUT2D eigenvalue weighted by molar-refractivity contribution is -0.141. The van der Waals surface area contributed by atoms with Crippen LogP contribution in [0.1, 0.15) is 54.3 Å². The number of carbonyl (C=O) groups is 1. The average molecular weight is 522 g/mol. The number of H-pyrrole nitrogens is 1. The summed E-state index contributed by atoms with van der Waals surface area (Å²) in [6, 6.07) is 3.65. The van der Waals surface area contributed by atoms with Gasteiger partial charge in [0.2, 0.25) is 0 Å². The molecule has 8 nitrogen and oxygen atoms in total. The van der Waals surface area contributed by atoms with Gasteiger partial charge in [-0.05, 0) is 49.9 Å². The number of fused-ring (bicyclic) bond motifs is 1. The molecule has 1 aliphatic heterocycles. The minimum absolute atomic E-state index is 0.0859. The fourth-order valence-corrected chi connectivity index (χ4v) is 4.72. The third-order valence-electron chi connectivity index (χ3n) is 6.64. The highest BCUT2D eigenvalue weighted by Crippen LogP contribution is 2.36. The Balaban J connectivity index is 1.62. The summed E-state index contributed by atoms with van der Waals surface area (Å²) in [5.74, 6) is -1.37. The molecule has 12 heteroatoms. The van der Waals surface area contributed by atoms with E-state index in [1.165, 1.54) is 26.0 Å². The number of nitrogens with zero attached hydrogens (tertiary/aromatic N) is 3. The number of pyridine rings is 1. The highest BCUT2D eigenvalue weighted by Gasteiger charge is 2.38. The molecule has 1 fully saturated rings. The van der Waals surface area contributed by atoms with Crippen molar-refractivity contribution in [2.45, 2.75) is 46.0 Å². The lowest BCUT2D eigenvalue weighted by Gasteiger charge is -2.38. The van der Waals surface area contributed by atoms with Crippen LogP contribution in [-0.2, 0) is 6.18 Å². The van der Waals surface area contributed by atoms with Gasteiger partial charge in [-0.2, -0.15) is 13.2 Å². The molecule has 198 valence electrons. The van der Waals surface area contributed by atoms with E-state index in [0.717, 1.165) is 12.1 Å². The molecule has 4 rings (SSSR count). The van der Waals surface area contributed by atoms with Crippen molar-refractivity contribution in [3.05, 3.63) is 63.1 Å². The number of benzene rings is 1. The molecule has 3 heterocycles. The summed E-state index contributed by atoms with van der Waals surface area (Å²) < 4.78 is 56.4. The molecule has 3 unspecified atom stereocenters. The first-order chi connectivity index (χ1) is 17.3. The maximum Gasteiger partial charge on any atom is 0.433 e. The van der Waals surface area contributed by atoms with Crippen LogP contribution < -0.4 is 10.9 Å². The number of aromatic nitrogens is 3. The van der Waals surface area contributed by atoms with Crippen LogP contribution in [0.2, 0.25) is 0 Å². The van der Waals surface area contributed by atoms with E-state index in [9.17, 15) is 32.3 Å². The molecule has 0 radical (unpaired) electrons. The maximum atomic E-state index is 15.0. The summed E-state index contributed by atoms with van der Waals surface area (Å²) in [6.07, 6.45) is -5.38. The first-order valence-corrected chi connectivity index (χ1v) is 11.8. The van der Waals surface area contributed by atoms with Gasteiger partial charge in [0.15, 0.2) is 11.3 Å². The summed E-state index contributed by atoms with van der Waals surface area (Å²) >= 11 is 0. The second-order valence-electron chi connectivity index (χ2n) is 9.66.